The Bertz CT molecular complexity index is 502. The molecule has 1 fully saturated rings. The number of anilines is 1. The molecule has 1 amide bonds. The smallest absolute Gasteiger partial charge is 0.236 e. The normalized spacial score (nSPS) is 16.8. The number of carbonyl (C=O) groups is 1. The minimum Gasteiger partial charge on any atom is -0.381 e. The van der Waals surface area contributed by atoms with Gasteiger partial charge in [0.25, 0.3) is 0 Å². The maximum absolute atomic E-state index is 13.3. The Balaban J connectivity index is 1.84. The van der Waals surface area contributed by atoms with E-state index in [1.807, 2.05) is 0 Å². The van der Waals surface area contributed by atoms with Crippen LogP contribution < -0.4 is 5.32 Å². The van der Waals surface area contributed by atoms with Gasteiger partial charge in [0.2, 0.25) is 5.91 Å². The Labute approximate surface area is 133 Å². The van der Waals surface area contributed by atoms with Gasteiger partial charge in [-0.3, -0.25) is 9.69 Å². The van der Waals surface area contributed by atoms with E-state index >= 15 is 0 Å². The van der Waals surface area contributed by atoms with Crippen molar-refractivity contribution in [2.24, 2.45) is 0 Å². The SMILES string of the molecule is CN(C)C(=O)CN1CCC(Nc2cc(F)ccc2Br)CC1. The Morgan fingerprint density at radius 1 is 1.43 bits per heavy atom. The molecule has 0 unspecified atom stereocenters. The van der Waals surface area contributed by atoms with Crippen LogP contribution in [0, 0.1) is 5.82 Å². The number of rotatable bonds is 4. The first-order chi connectivity index (χ1) is 9.95. The highest BCUT2D eigenvalue weighted by Gasteiger charge is 2.21. The molecule has 6 heteroatoms. The molecule has 1 aromatic rings. The van der Waals surface area contributed by atoms with Crippen LogP contribution in [0.2, 0.25) is 0 Å². The molecule has 1 aliphatic heterocycles. The lowest BCUT2D eigenvalue weighted by Gasteiger charge is -2.33. The number of amides is 1. The van der Waals surface area contributed by atoms with Crippen molar-refractivity contribution in [1.82, 2.24) is 9.80 Å². The first-order valence-electron chi connectivity index (χ1n) is 7.10. The van der Waals surface area contributed by atoms with Gasteiger partial charge in [0.15, 0.2) is 0 Å². The van der Waals surface area contributed by atoms with E-state index in [2.05, 4.69) is 26.1 Å². The van der Waals surface area contributed by atoms with Crippen LogP contribution in [0.1, 0.15) is 12.8 Å². The monoisotopic (exact) mass is 357 g/mol. The largest absolute Gasteiger partial charge is 0.381 e. The fourth-order valence-corrected chi connectivity index (χ4v) is 2.76. The maximum atomic E-state index is 13.3. The molecular weight excluding hydrogens is 337 g/mol. The van der Waals surface area contributed by atoms with Crippen molar-refractivity contribution in [3.8, 4) is 0 Å². The summed E-state index contributed by atoms with van der Waals surface area (Å²) in [4.78, 5) is 15.5. The molecule has 1 heterocycles. The van der Waals surface area contributed by atoms with Crippen molar-refractivity contribution in [2.75, 3.05) is 39.0 Å². The highest BCUT2D eigenvalue weighted by atomic mass is 79.9. The number of carbonyl (C=O) groups excluding carboxylic acids is 1. The molecule has 1 saturated heterocycles. The molecule has 0 aromatic heterocycles. The second-order valence-corrected chi connectivity index (χ2v) is 6.46. The predicted molar refractivity (Wildman–Crippen MR) is 85.9 cm³/mol. The van der Waals surface area contributed by atoms with Crippen LogP contribution in [-0.4, -0.2) is 55.5 Å². The van der Waals surface area contributed by atoms with Gasteiger partial charge in [0, 0.05) is 37.7 Å². The topological polar surface area (TPSA) is 35.6 Å². The van der Waals surface area contributed by atoms with Gasteiger partial charge >= 0.3 is 0 Å². The van der Waals surface area contributed by atoms with Gasteiger partial charge in [-0.05, 0) is 47.0 Å². The highest BCUT2D eigenvalue weighted by molar-refractivity contribution is 9.10. The van der Waals surface area contributed by atoms with Gasteiger partial charge in [-0.1, -0.05) is 0 Å². The number of hydrogen-bond donors (Lipinski definition) is 1. The van der Waals surface area contributed by atoms with Crippen LogP contribution in [0.25, 0.3) is 0 Å². The Kier molecular flexibility index (Phi) is 5.58. The van der Waals surface area contributed by atoms with E-state index in [4.69, 9.17) is 0 Å². The average Bonchev–Trinajstić information content (AvgIpc) is 2.45. The molecule has 116 valence electrons. The van der Waals surface area contributed by atoms with E-state index in [1.54, 1.807) is 25.1 Å². The average molecular weight is 358 g/mol. The zero-order valence-electron chi connectivity index (χ0n) is 12.4. The molecule has 0 spiro atoms. The summed E-state index contributed by atoms with van der Waals surface area (Å²) in [6.45, 7) is 2.23. The summed E-state index contributed by atoms with van der Waals surface area (Å²) in [6.07, 6.45) is 1.90. The minimum atomic E-state index is -0.241. The van der Waals surface area contributed by atoms with E-state index in [9.17, 15) is 9.18 Å². The molecule has 1 aliphatic rings. The highest BCUT2D eigenvalue weighted by Crippen LogP contribution is 2.25. The molecule has 0 bridgehead atoms. The minimum absolute atomic E-state index is 0.134. The lowest BCUT2D eigenvalue weighted by molar-refractivity contribution is -0.130. The third kappa shape index (κ3) is 4.68. The van der Waals surface area contributed by atoms with Crippen molar-refractivity contribution in [3.63, 3.8) is 0 Å². The number of nitrogens with one attached hydrogen (secondary N) is 1. The van der Waals surface area contributed by atoms with E-state index in [0.717, 1.165) is 36.1 Å². The molecule has 0 saturated carbocycles. The third-order valence-corrected chi connectivity index (χ3v) is 4.42. The Morgan fingerprint density at radius 2 is 2.10 bits per heavy atom. The summed E-state index contributed by atoms with van der Waals surface area (Å²) in [7, 11) is 3.55. The number of likely N-dealkylation sites (tertiary alicyclic amines) is 1. The van der Waals surface area contributed by atoms with Gasteiger partial charge in [-0.25, -0.2) is 4.39 Å². The zero-order chi connectivity index (χ0) is 15.4. The Morgan fingerprint density at radius 3 is 2.71 bits per heavy atom. The fraction of sp³-hybridized carbons (Fsp3) is 0.533. The van der Waals surface area contributed by atoms with Crippen LogP contribution in [0.5, 0.6) is 0 Å². The second-order valence-electron chi connectivity index (χ2n) is 5.61. The molecule has 2 rings (SSSR count). The summed E-state index contributed by atoms with van der Waals surface area (Å²) >= 11 is 3.43. The van der Waals surface area contributed by atoms with Crippen LogP contribution in [0.4, 0.5) is 10.1 Å². The fourth-order valence-electron chi connectivity index (χ4n) is 2.40. The molecule has 21 heavy (non-hydrogen) atoms. The summed E-state index contributed by atoms with van der Waals surface area (Å²) < 4.78 is 14.1. The molecule has 4 nitrogen and oxygen atoms in total. The number of benzene rings is 1. The summed E-state index contributed by atoms with van der Waals surface area (Å²) in [5.41, 5.74) is 0.790. The Hall–Kier alpha value is -1.14. The van der Waals surface area contributed by atoms with Crippen molar-refractivity contribution in [2.45, 2.75) is 18.9 Å². The molecule has 1 aromatic carbocycles. The van der Waals surface area contributed by atoms with Crippen LogP contribution >= 0.6 is 15.9 Å². The van der Waals surface area contributed by atoms with E-state index in [1.165, 1.54) is 12.1 Å². The zero-order valence-corrected chi connectivity index (χ0v) is 14.0. The number of likely N-dealkylation sites (N-methyl/N-ethyl adjacent to an activating group) is 1. The molecule has 0 aliphatic carbocycles. The van der Waals surface area contributed by atoms with Gasteiger partial charge in [0.05, 0.1) is 12.2 Å². The lowest BCUT2D eigenvalue weighted by Crippen LogP contribution is -2.43. The van der Waals surface area contributed by atoms with Gasteiger partial charge in [-0.2, -0.15) is 0 Å². The predicted octanol–water partition coefficient (Wildman–Crippen LogP) is 2.55. The molecular formula is C15H21BrFN3O. The lowest BCUT2D eigenvalue weighted by atomic mass is 10.0. The van der Waals surface area contributed by atoms with Crippen molar-refractivity contribution in [3.05, 3.63) is 28.5 Å². The van der Waals surface area contributed by atoms with Gasteiger partial charge < -0.3 is 10.2 Å². The second kappa shape index (κ2) is 7.22. The molecule has 0 atom stereocenters. The van der Waals surface area contributed by atoms with Gasteiger partial charge in [0.1, 0.15) is 5.82 Å². The van der Waals surface area contributed by atoms with Crippen LogP contribution in [-0.2, 0) is 4.79 Å². The number of hydrogen-bond acceptors (Lipinski definition) is 3. The molecule has 1 N–H and O–H groups in total. The third-order valence-electron chi connectivity index (χ3n) is 3.73. The first kappa shape index (κ1) is 16.2. The van der Waals surface area contributed by atoms with Crippen LogP contribution in [0.15, 0.2) is 22.7 Å². The number of halogens is 2. The quantitative estimate of drug-likeness (QED) is 0.899. The summed E-state index contributed by atoms with van der Waals surface area (Å²) in [6, 6.07) is 4.97. The van der Waals surface area contributed by atoms with E-state index < -0.39 is 0 Å². The number of nitrogens with zero attached hydrogens (tertiary/aromatic N) is 2. The van der Waals surface area contributed by atoms with Crippen molar-refractivity contribution in [1.29, 1.82) is 0 Å². The van der Waals surface area contributed by atoms with Crippen molar-refractivity contribution >= 4 is 27.5 Å². The van der Waals surface area contributed by atoms with E-state index in [-0.39, 0.29) is 11.7 Å². The first-order valence-corrected chi connectivity index (χ1v) is 7.89. The maximum Gasteiger partial charge on any atom is 0.236 e. The number of piperidine rings is 1. The molecule has 0 radical (unpaired) electrons. The van der Waals surface area contributed by atoms with Crippen LogP contribution in [0.3, 0.4) is 0 Å². The van der Waals surface area contributed by atoms with E-state index in [0.29, 0.717) is 12.6 Å². The standard InChI is InChI=1S/C15H21BrFN3O/c1-19(2)15(21)10-20-7-5-12(6-8-20)18-14-9-11(17)3-4-13(14)16/h3-4,9,12,18H,5-8,10H2,1-2H3. The van der Waals surface area contributed by atoms with Crippen molar-refractivity contribution < 1.29 is 9.18 Å². The van der Waals surface area contributed by atoms with Gasteiger partial charge in [-0.15, -0.1) is 0 Å². The summed E-state index contributed by atoms with van der Waals surface area (Å²) in [5, 5.41) is 3.38. The summed E-state index contributed by atoms with van der Waals surface area (Å²) in [5.74, 6) is -0.107.